The van der Waals surface area contributed by atoms with Crippen LogP contribution in [0.5, 0.6) is 0 Å². The lowest BCUT2D eigenvalue weighted by Crippen LogP contribution is -2.32. The average Bonchev–Trinajstić information content (AvgIpc) is 3.05. The van der Waals surface area contributed by atoms with E-state index in [1.165, 1.54) is 10.7 Å². The minimum absolute atomic E-state index is 0.236. The summed E-state index contributed by atoms with van der Waals surface area (Å²) in [6, 6.07) is 12.5. The predicted octanol–water partition coefficient (Wildman–Crippen LogP) is 3.51. The summed E-state index contributed by atoms with van der Waals surface area (Å²) in [7, 11) is 0. The van der Waals surface area contributed by atoms with Gasteiger partial charge >= 0.3 is 0 Å². The van der Waals surface area contributed by atoms with E-state index in [1.807, 2.05) is 0 Å². The van der Waals surface area contributed by atoms with Crippen LogP contribution in [0, 0.1) is 5.82 Å². The van der Waals surface area contributed by atoms with Crippen LogP contribution in [0.15, 0.2) is 59.8 Å². The number of nitrogens with zero attached hydrogens (tertiary/aromatic N) is 3. The highest BCUT2D eigenvalue weighted by molar-refractivity contribution is 6.30. The van der Waals surface area contributed by atoms with Gasteiger partial charge in [0.1, 0.15) is 11.9 Å². The second kappa shape index (κ2) is 6.51. The van der Waals surface area contributed by atoms with Gasteiger partial charge in [0.05, 0.1) is 5.57 Å². The van der Waals surface area contributed by atoms with Gasteiger partial charge in [0.2, 0.25) is 11.9 Å². The highest BCUT2D eigenvalue weighted by atomic mass is 35.5. The third-order valence-corrected chi connectivity index (χ3v) is 4.67. The molecule has 0 bridgehead atoms. The molecule has 1 aromatic heterocycles. The van der Waals surface area contributed by atoms with E-state index in [4.69, 9.17) is 17.3 Å². The number of nitrogens with one attached hydrogen (secondary N) is 1. The Hall–Kier alpha value is -3.19. The number of hydrogen-bond donors (Lipinski definition) is 2. The first-order chi connectivity index (χ1) is 13.0. The van der Waals surface area contributed by atoms with Crippen molar-refractivity contribution in [1.82, 2.24) is 14.8 Å². The summed E-state index contributed by atoms with van der Waals surface area (Å²) >= 11 is 5.94. The standard InChI is InChI=1S/C19H15ClFN5O/c1-10-15(17(22)27)16(13-4-2-3-5-14(13)21)26-19(23-10)24-18(25-26)11-6-8-12(20)9-7-11/h2-9,16H,1H3,(H2,22,27)(H,23,24,25). The fourth-order valence-electron chi connectivity index (χ4n) is 3.18. The number of primary amides is 1. The summed E-state index contributed by atoms with van der Waals surface area (Å²) in [6.45, 7) is 1.70. The van der Waals surface area contributed by atoms with Crippen LogP contribution in [0.25, 0.3) is 11.4 Å². The van der Waals surface area contributed by atoms with Crippen LogP contribution in [0.3, 0.4) is 0 Å². The summed E-state index contributed by atoms with van der Waals surface area (Å²) < 4.78 is 16.0. The number of anilines is 1. The number of allylic oxidation sites excluding steroid dienone is 1. The molecule has 3 N–H and O–H groups in total. The van der Waals surface area contributed by atoms with E-state index < -0.39 is 17.8 Å². The number of rotatable bonds is 3. The molecule has 136 valence electrons. The summed E-state index contributed by atoms with van der Waals surface area (Å²) in [6.07, 6.45) is 0. The van der Waals surface area contributed by atoms with Gasteiger partial charge in [-0.15, -0.1) is 5.10 Å². The van der Waals surface area contributed by atoms with E-state index in [9.17, 15) is 9.18 Å². The lowest BCUT2D eigenvalue weighted by Gasteiger charge is -2.27. The zero-order valence-electron chi connectivity index (χ0n) is 14.3. The number of hydrogen-bond acceptors (Lipinski definition) is 4. The first-order valence-corrected chi connectivity index (χ1v) is 8.58. The highest BCUT2D eigenvalue weighted by Gasteiger charge is 2.34. The molecule has 6 nitrogen and oxygen atoms in total. The molecule has 3 aromatic rings. The molecule has 1 amide bonds. The van der Waals surface area contributed by atoms with Crippen molar-refractivity contribution in [2.45, 2.75) is 13.0 Å². The van der Waals surface area contributed by atoms with Crippen molar-refractivity contribution in [2.24, 2.45) is 5.73 Å². The molecule has 8 heteroatoms. The molecule has 2 aromatic carbocycles. The molecule has 0 saturated carbocycles. The molecule has 4 rings (SSSR count). The van der Waals surface area contributed by atoms with Crippen molar-refractivity contribution in [2.75, 3.05) is 5.32 Å². The minimum atomic E-state index is -0.812. The summed E-state index contributed by atoms with van der Waals surface area (Å²) in [4.78, 5) is 16.6. The van der Waals surface area contributed by atoms with Gasteiger partial charge in [-0.05, 0) is 37.3 Å². The first kappa shape index (κ1) is 17.2. The Kier molecular flexibility index (Phi) is 4.16. The van der Waals surface area contributed by atoms with Gasteiger partial charge in [-0.1, -0.05) is 29.8 Å². The summed E-state index contributed by atoms with van der Waals surface area (Å²) in [5.41, 5.74) is 7.38. The van der Waals surface area contributed by atoms with E-state index >= 15 is 0 Å². The van der Waals surface area contributed by atoms with Crippen LogP contribution < -0.4 is 11.1 Å². The second-order valence-corrected chi connectivity index (χ2v) is 6.60. The van der Waals surface area contributed by atoms with Gasteiger partial charge < -0.3 is 11.1 Å². The maximum Gasteiger partial charge on any atom is 0.248 e. The molecule has 1 atom stereocenters. The smallest absolute Gasteiger partial charge is 0.248 e. The number of aromatic nitrogens is 3. The van der Waals surface area contributed by atoms with Gasteiger partial charge in [0.25, 0.3) is 0 Å². The molecule has 0 saturated heterocycles. The van der Waals surface area contributed by atoms with Crippen LogP contribution >= 0.6 is 11.6 Å². The van der Waals surface area contributed by atoms with Crippen molar-refractivity contribution < 1.29 is 9.18 Å². The SMILES string of the molecule is CC1=C(C(N)=O)C(c2ccccc2F)n2nc(-c3ccc(Cl)cc3)nc2N1. The molecular weight excluding hydrogens is 369 g/mol. The van der Waals surface area contributed by atoms with Crippen molar-refractivity contribution in [1.29, 1.82) is 0 Å². The molecular formula is C19H15ClFN5O. The van der Waals surface area contributed by atoms with Crippen LogP contribution in [0.2, 0.25) is 5.02 Å². The largest absolute Gasteiger partial charge is 0.366 e. The Balaban J connectivity index is 1.90. The number of benzene rings is 2. The van der Waals surface area contributed by atoms with E-state index in [0.29, 0.717) is 28.1 Å². The molecule has 1 unspecified atom stereocenters. The average molecular weight is 384 g/mol. The zero-order valence-corrected chi connectivity index (χ0v) is 15.0. The van der Waals surface area contributed by atoms with E-state index in [1.54, 1.807) is 49.4 Å². The van der Waals surface area contributed by atoms with E-state index in [-0.39, 0.29) is 5.57 Å². The first-order valence-electron chi connectivity index (χ1n) is 8.20. The molecule has 0 fully saturated rings. The maximum atomic E-state index is 14.5. The third-order valence-electron chi connectivity index (χ3n) is 4.42. The monoisotopic (exact) mass is 383 g/mol. The number of nitrogens with two attached hydrogens (primary N) is 1. The Bertz CT molecular complexity index is 1070. The summed E-state index contributed by atoms with van der Waals surface area (Å²) in [5.74, 6) is -0.280. The van der Waals surface area contributed by atoms with Gasteiger partial charge in [-0.3, -0.25) is 4.79 Å². The van der Waals surface area contributed by atoms with Gasteiger partial charge in [-0.2, -0.15) is 4.98 Å². The van der Waals surface area contributed by atoms with Crippen LogP contribution in [-0.2, 0) is 4.79 Å². The van der Waals surface area contributed by atoms with E-state index in [2.05, 4.69) is 15.4 Å². The Morgan fingerprint density at radius 3 is 2.59 bits per heavy atom. The summed E-state index contributed by atoms with van der Waals surface area (Å²) in [5, 5.41) is 8.14. The van der Waals surface area contributed by atoms with Crippen LogP contribution in [0.4, 0.5) is 10.3 Å². The van der Waals surface area contributed by atoms with Gasteiger partial charge in [-0.25, -0.2) is 9.07 Å². The molecule has 0 spiro atoms. The quantitative estimate of drug-likeness (QED) is 0.724. The second-order valence-electron chi connectivity index (χ2n) is 6.16. The topological polar surface area (TPSA) is 85.8 Å². The lowest BCUT2D eigenvalue weighted by molar-refractivity contribution is -0.115. The maximum absolute atomic E-state index is 14.5. The van der Waals surface area contributed by atoms with Crippen molar-refractivity contribution in [3.63, 3.8) is 0 Å². The number of amides is 1. The molecule has 1 aliphatic heterocycles. The fraction of sp³-hybridized carbons (Fsp3) is 0.105. The Morgan fingerprint density at radius 2 is 1.93 bits per heavy atom. The van der Waals surface area contributed by atoms with E-state index in [0.717, 1.165) is 5.56 Å². The normalized spacial score (nSPS) is 16.0. The number of carbonyl (C=O) groups is 1. The molecule has 2 heterocycles. The molecule has 1 aliphatic rings. The minimum Gasteiger partial charge on any atom is -0.366 e. The Morgan fingerprint density at radius 1 is 1.22 bits per heavy atom. The van der Waals surface area contributed by atoms with Crippen molar-refractivity contribution in [3.05, 3.63) is 76.2 Å². The zero-order chi connectivity index (χ0) is 19.1. The lowest BCUT2D eigenvalue weighted by atomic mass is 9.95. The molecule has 27 heavy (non-hydrogen) atoms. The van der Waals surface area contributed by atoms with Gasteiger partial charge in [0.15, 0.2) is 5.82 Å². The number of carbonyl (C=O) groups excluding carboxylic acids is 1. The Labute approximate surface area is 159 Å². The number of halogens is 2. The number of fused-ring (bicyclic) bond motifs is 1. The van der Waals surface area contributed by atoms with Crippen LogP contribution in [0.1, 0.15) is 18.5 Å². The predicted molar refractivity (Wildman–Crippen MR) is 101 cm³/mol. The molecule has 0 aliphatic carbocycles. The third kappa shape index (κ3) is 2.96. The van der Waals surface area contributed by atoms with Crippen molar-refractivity contribution in [3.8, 4) is 11.4 Å². The highest BCUT2D eigenvalue weighted by Crippen LogP contribution is 2.37. The van der Waals surface area contributed by atoms with Crippen molar-refractivity contribution >= 4 is 23.5 Å². The van der Waals surface area contributed by atoms with Gasteiger partial charge in [0, 0.05) is 21.8 Å². The molecule has 0 radical (unpaired) electrons. The fourth-order valence-corrected chi connectivity index (χ4v) is 3.30. The van der Waals surface area contributed by atoms with Crippen LogP contribution in [-0.4, -0.2) is 20.7 Å².